The Kier molecular flexibility index (Phi) is 5.59. The fourth-order valence-electron chi connectivity index (χ4n) is 2.47. The lowest BCUT2D eigenvalue weighted by molar-refractivity contribution is -0.139. The van der Waals surface area contributed by atoms with E-state index < -0.39 is 5.97 Å². The van der Waals surface area contributed by atoms with Gasteiger partial charge in [-0.2, -0.15) is 0 Å². The molecule has 0 aromatic rings. The van der Waals surface area contributed by atoms with Crippen molar-refractivity contribution in [3.05, 3.63) is 0 Å². The molecule has 0 aromatic heterocycles. The van der Waals surface area contributed by atoms with Crippen LogP contribution in [0.1, 0.15) is 39.5 Å². The van der Waals surface area contributed by atoms with Crippen molar-refractivity contribution in [2.24, 2.45) is 0 Å². The molecule has 0 spiro atoms. The van der Waals surface area contributed by atoms with Crippen LogP contribution < -0.4 is 0 Å². The molecule has 18 heavy (non-hydrogen) atoms. The highest BCUT2D eigenvalue weighted by molar-refractivity contribution is 5.83. The minimum atomic E-state index is -0.837. The first-order valence-electron chi connectivity index (χ1n) is 6.69. The monoisotopic (exact) mass is 256 g/mol. The Morgan fingerprint density at radius 3 is 2.72 bits per heavy atom. The number of rotatable bonds is 5. The topological polar surface area (TPSA) is 60.9 Å². The van der Waals surface area contributed by atoms with Crippen molar-refractivity contribution in [2.75, 3.05) is 20.1 Å². The minimum Gasteiger partial charge on any atom is -0.481 e. The Morgan fingerprint density at radius 1 is 1.50 bits per heavy atom. The highest BCUT2D eigenvalue weighted by Gasteiger charge is 2.33. The molecule has 1 fully saturated rings. The third kappa shape index (κ3) is 3.70. The second-order valence-corrected chi connectivity index (χ2v) is 5.10. The Labute approximate surface area is 109 Å². The minimum absolute atomic E-state index is 0.0507. The normalized spacial score (nSPS) is 26.2. The summed E-state index contributed by atoms with van der Waals surface area (Å²) in [6, 6.07) is -0.0349. The van der Waals surface area contributed by atoms with Crippen molar-refractivity contribution in [3.63, 3.8) is 0 Å². The smallest absolute Gasteiger partial charge is 0.303 e. The second-order valence-electron chi connectivity index (χ2n) is 5.10. The van der Waals surface area contributed by atoms with Crippen LogP contribution in [0.5, 0.6) is 0 Å². The van der Waals surface area contributed by atoms with Crippen molar-refractivity contribution in [3.8, 4) is 0 Å². The number of carboxylic acids is 1. The molecule has 2 atom stereocenters. The Bertz CT molecular complexity index is 307. The van der Waals surface area contributed by atoms with E-state index in [1.807, 2.05) is 16.8 Å². The second kappa shape index (κ2) is 6.73. The Hall–Kier alpha value is -1.10. The fourth-order valence-corrected chi connectivity index (χ4v) is 2.47. The highest BCUT2D eigenvalue weighted by Crippen LogP contribution is 2.19. The number of hydrogen-bond donors (Lipinski definition) is 1. The molecular weight excluding hydrogens is 232 g/mol. The van der Waals surface area contributed by atoms with Gasteiger partial charge in [-0.15, -0.1) is 0 Å². The van der Waals surface area contributed by atoms with Crippen LogP contribution in [0, 0.1) is 0 Å². The summed E-state index contributed by atoms with van der Waals surface area (Å²) >= 11 is 0. The maximum absolute atomic E-state index is 12.5. The van der Waals surface area contributed by atoms with Crippen LogP contribution in [-0.4, -0.2) is 59.0 Å². The van der Waals surface area contributed by atoms with E-state index in [4.69, 9.17) is 5.11 Å². The first-order valence-corrected chi connectivity index (χ1v) is 6.69. The van der Waals surface area contributed by atoms with Gasteiger partial charge < -0.3 is 10.0 Å². The molecule has 0 bridgehead atoms. The molecule has 1 amide bonds. The lowest BCUT2D eigenvalue weighted by Crippen LogP contribution is -2.46. The van der Waals surface area contributed by atoms with E-state index in [2.05, 4.69) is 13.8 Å². The number of likely N-dealkylation sites (N-methyl/N-ethyl adjacent to an activating group) is 1. The van der Waals surface area contributed by atoms with Crippen molar-refractivity contribution < 1.29 is 14.7 Å². The molecular formula is C13H24N2O3. The Balaban J connectivity index is 2.78. The molecule has 1 rings (SSSR count). The van der Waals surface area contributed by atoms with Gasteiger partial charge in [0.25, 0.3) is 0 Å². The molecule has 1 heterocycles. The molecule has 0 saturated carbocycles. The molecule has 1 aliphatic rings. The van der Waals surface area contributed by atoms with Crippen molar-refractivity contribution >= 4 is 11.9 Å². The van der Waals surface area contributed by atoms with Gasteiger partial charge in [-0.3, -0.25) is 14.5 Å². The van der Waals surface area contributed by atoms with Crippen molar-refractivity contribution in [2.45, 2.75) is 51.6 Å². The third-order valence-electron chi connectivity index (χ3n) is 3.63. The third-order valence-corrected chi connectivity index (χ3v) is 3.63. The van der Waals surface area contributed by atoms with Gasteiger partial charge in [-0.05, 0) is 33.2 Å². The van der Waals surface area contributed by atoms with Crippen LogP contribution in [0.3, 0.4) is 0 Å². The first-order chi connectivity index (χ1) is 8.47. The molecule has 2 unspecified atom stereocenters. The summed E-state index contributed by atoms with van der Waals surface area (Å²) in [5.74, 6) is -0.749. The maximum Gasteiger partial charge on any atom is 0.303 e. The van der Waals surface area contributed by atoms with Crippen LogP contribution in [0.2, 0.25) is 0 Å². The quantitative estimate of drug-likeness (QED) is 0.802. The van der Waals surface area contributed by atoms with E-state index >= 15 is 0 Å². The lowest BCUT2D eigenvalue weighted by Gasteiger charge is -2.30. The zero-order valence-electron chi connectivity index (χ0n) is 11.6. The summed E-state index contributed by atoms with van der Waals surface area (Å²) in [6.07, 6.45) is 2.34. The molecule has 104 valence electrons. The zero-order chi connectivity index (χ0) is 13.7. The molecule has 5 nitrogen and oxygen atoms in total. The van der Waals surface area contributed by atoms with Crippen molar-refractivity contribution in [1.82, 2.24) is 9.80 Å². The van der Waals surface area contributed by atoms with Gasteiger partial charge in [-0.1, -0.05) is 6.92 Å². The van der Waals surface area contributed by atoms with Gasteiger partial charge >= 0.3 is 5.97 Å². The molecule has 1 saturated heterocycles. The highest BCUT2D eigenvalue weighted by atomic mass is 16.4. The average Bonchev–Trinajstić information content (AvgIpc) is 2.40. The number of carboxylic acid groups (broad SMARTS) is 1. The number of aliphatic carboxylic acids is 1. The standard InChI is InChI=1S/C13H24N2O3/c1-4-8-15-10(2)7-9-14(3)11(13(15)18)5-6-12(16)17/h10-11H,4-9H2,1-3H3,(H,16,17). The Morgan fingerprint density at radius 2 is 2.17 bits per heavy atom. The number of amides is 1. The maximum atomic E-state index is 12.5. The van der Waals surface area contributed by atoms with E-state index in [9.17, 15) is 9.59 Å². The molecule has 1 N–H and O–H groups in total. The van der Waals surface area contributed by atoms with E-state index in [0.29, 0.717) is 6.42 Å². The van der Waals surface area contributed by atoms with Gasteiger partial charge in [0.1, 0.15) is 0 Å². The number of carbonyl (C=O) groups excluding carboxylic acids is 1. The van der Waals surface area contributed by atoms with Gasteiger partial charge in [0.15, 0.2) is 0 Å². The van der Waals surface area contributed by atoms with Gasteiger partial charge in [-0.25, -0.2) is 0 Å². The largest absolute Gasteiger partial charge is 0.481 e. The predicted molar refractivity (Wildman–Crippen MR) is 69.4 cm³/mol. The van der Waals surface area contributed by atoms with E-state index in [-0.39, 0.29) is 24.4 Å². The summed E-state index contributed by atoms with van der Waals surface area (Å²) in [5.41, 5.74) is 0. The van der Waals surface area contributed by atoms with Crippen LogP contribution in [0.4, 0.5) is 0 Å². The molecule has 0 aliphatic carbocycles. The van der Waals surface area contributed by atoms with Gasteiger partial charge in [0, 0.05) is 25.6 Å². The van der Waals surface area contributed by atoms with E-state index in [1.165, 1.54) is 0 Å². The van der Waals surface area contributed by atoms with Crippen LogP contribution in [0.15, 0.2) is 0 Å². The van der Waals surface area contributed by atoms with E-state index in [1.54, 1.807) is 0 Å². The van der Waals surface area contributed by atoms with Crippen molar-refractivity contribution in [1.29, 1.82) is 0 Å². The number of carbonyl (C=O) groups is 2. The molecule has 0 aromatic carbocycles. The number of hydrogen-bond acceptors (Lipinski definition) is 3. The zero-order valence-corrected chi connectivity index (χ0v) is 11.6. The van der Waals surface area contributed by atoms with Crippen LogP contribution in [0.25, 0.3) is 0 Å². The van der Waals surface area contributed by atoms with Crippen LogP contribution >= 0.6 is 0 Å². The van der Waals surface area contributed by atoms with Crippen LogP contribution in [-0.2, 0) is 9.59 Å². The van der Waals surface area contributed by atoms with E-state index in [0.717, 1.165) is 25.9 Å². The molecule has 5 heteroatoms. The first kappa shape index (κ1) is 15.0. The molecule has 0 radical (unpaired) electrons. The average molecular weight is 256 g/mol. The molecule has 1 aliphatic heterocycles. The summed E-state index contributed by atoms with van der Waals surface area (Å²) < 4.78 is 0. The number of nitrogens with zero attached hydrogens (tertiary/aromatic N) is 2. The SMILES string of the molecule is CCCN1C(=O)C(CCC(=O)O)N(C)CCC1C. The summed E-state index contributed by atoms with van der Waals surface area (Å²) in [4.78, 5) is 27.0. The predicted octanol–water partition coefficient (Wildman–Crippen LogP) is 1.18. The summed E-state index contributed by atoms with van der Waals surface area (Å²) in [5, 5.41) is 8.76. The fraction of sp³-hybridized carbons (Fsp3) is 0.846. The summed E-state index contributed by atoms with van der Waals surface area (Å²) in [7, 11) is 1.91. The lowest BCUT2D eigenvalue weighted by atomic mass is 10.1. The summed E-state index contributed by atoms with van der Waals surface area (Å²) in [6.45, 7) is 5.73. The van der Waals surface area contributed by atoms with Gasteiger partial charge in [0.2, 0.25) is 5.91 Å². The van der Waals surface area contributed by atoms with Gasteiger partial charge in [0.05, 0.1) is 6.04 Å².